The number of methoxy groups -OCH3 is 1. The fraction of sp³-hybridized carbons (Fsp3) is 0.194. The van der Waals surface area contributed by atoms with E-state index in [0.717, 1.165) is 29.6 Å². The third-order valence-corrected chi connectivity index (χ3v) is 9.76. The molecule has 0 fully saturated rings. The fourth-order valence-corrected chi connectivity index (χ4v) is 8.37. The van der Waals surface area contributed by atoms with Gasteiger partial charge in [-0.2, -0.15) is 0 Å². The molecule has 1 aliphatic rings. The van der Waals surface area contributed by atoms with Crippen LogP contribution in [0.25, 0.3) is 6.08 Å². The maximum absolute atomic E-state index is 14.0. The van der Waals surface area contributed by atoms with Gasteiger partial charge in [-0.25, -0.2) is 9.79 Å². The molecule has 0 N–H and O–H groups in total. The molecular formula is C31H25BrI2N2O5S. The van der Waals surface area contributed by atoms with E-state index in [1.807, 2.05) is 60.7 Å². The molecule has 0 saturated carbocycles. The van der Waals surface area contributed by atoms with Crippen molar-refractivity contribution in [2.75, 3.05) is 13.7 Å². The van der Waals surface area contributed by atoms with Gasteiger partial charge in [-0.05, 0) is 122 Å². The number of halogens is 3. The Morgan fingerprint density at radius 1 is 1.12 bits per heavy atom. The average molecular weight is 871 g/mol. The second-order valence-corrected chi connectivity index (χ2v) is 13.5. The van der Waals surface area contributed by atoms with Crippen molar-refractivity contribution in [1.82, 2.24) is 4.57 Å². The number of rotatable bonds is 8. The monoisotopic (exact) mass is 870 g/mol. The molecular weight excluding hydrogens is 846 g/mol. The van der Waals surface area contributed by atoms with Gasteiger partial charge in [0.05, 0.1) is 47.2 Å². The topological polar surface area (TPSA) is 79.1 Å². The van der Waals surface area contributed by atoms with Gasteiger partial charge < -0.3 is 14.2 Å². The summed E-state index contributed by atoms with van der Waals surface area (Å²) < 4.78 is 21.6. The molecule has 11 heteroatoms. The summed E-state index contributed by atoms with van der Waals surface area (Å²) in [6.45, 7) is 4.20. The molecule has 2 heterocycles. The lowest BCUT2D eigenvalue weighted by molar-refractivity contribution is -0.139. The Morgan fingerprint density at radius 2 is 1.83 bits per heavy atom. The molecule has 1 aliphatic heterocycles. The molecule has 1 aromatic heterocycles. The van der Waals surface area contributed by atoms with Crippen LogP contribution >= 0.6 is 72.4 Å². The quantitative estimate of drug-likeness (QED) is 0.152. The number of allylic oxidation sites excluding steroid dienone is 1. The van der Waals surface area contributed by atoms with Crippen LogP contribution < -0.4 is 24.4 Å². The van der Waals surface area contributed by atoms with E-state index in [1.165, 1.54) is 11.3 Å². The number of fused-ring (bicyclic) bond motifs is 1. The largest absolute Gasteiger partial charge is 0.496 e. The Labute approximate surface area is 282 Å². The van der Waals surface area contributed by atoms with Crippen molar-refractivity contribution in [3.8, 4) is 11.5 Å². The minimum atomic E-state index is -0.710. The minimum absolute atomic E-state index is 0.210. The van der Waals surface area contributed by atoms with E-state index in [2.05, 4.69) is 66.1 Å². The highest BCUT2D eigenvalue weighted by molar-refractivity contribution is 14.1. The number of hydrogen-bond donors (Lipinski definition) is 0. The van der Waals surface area contributed by atoms with Crippen molar-refractivity contribution in [3.63, 3.8) is 0 Å². The number of hydrogen-bond acceptors (Lipinski definition) is 7. The predicted molar refractivity (Wildman–Crippen MR) is 184 cm³/mol. The average Bonchev–Trinajstić information content (AvgIpc) is 3.26. The van der Waals surface area contributed by atoms with Crippen LogP contribution in [-0.4, -0.2) is 24.3 Å². The fourth-order valence-electron chi connectivity index (χ4n) is 4.64. The highest BCUT2D eigenvalue weighted by Crippen LogP contribution is 2.35. The molecule has 0 radical (unpaired) electrons. The summed E-state index contributed by atoms with van der Waals surface area (Å²) in [5, 5.41) is 0. The van der Waals surface area contributed by atoms with Gasteiger partial charge in [0.15, 0.2) is 4.80 Å². The summed E-state index contributed by atoms with van der Waals surface area (Å²) in [6, 6.07) is 18.8. The minimum Gasteiger partial charge on any atom is -0.496 e. The zero-order valence-corrected chi connectivity index (χ0v) is 29.5. The van der Waals surface area contributed by atoms with E-state index in [-0.39, 0.29) is 12.2 Å². The Balaban J connectivity index is 1.58. The van der Waals surface area contributed by atoms with E-state index in [0.29, 0.717) is 37.4 Å². The van der Waals surface area contributed by atoms with Crippen molar-refractivity contribution in [2.24, 2.45) is 4.99 Å². The van der Waals surface area contributed by atoms with E-state index in [1.54, 1.807) is 31.6 Å². The summed E-state index contributed by atoms with van der Waals surface area (Å²) in [7, 11) is 1.58. The second kappa shape index (κ2) is 13.4. The molecule has 0 aliphatic carbocycles. The standard InChI is InChI=1S/C31H25BrI2N2O5S/c1-4-40-30(38)26-17(2)35-31-36(27(26)20-10-11-24(39-3)21(32)15-20)29(37)25(42-31)14-19-12-22(33)28(23(34)13-19)41-16-18-8-6-5-7-9-18/h5-15,27H,4,16H2,1-3H3/b25-14-. The number of esters is 1. The molecule has 1 atom stereocenters. The molecule has 1 unspecified atom stereocenters. The number of carbonyl (C=O) groups is 1. The second-order valence-electron chi connectivity index (χ2n) is 9.28. The van der Waals surface area contributed by atoms with Crippen molar-refractivity contribution < 1.29 is 19.0 Å². The zero-order chi connectivity index (χ0) is 30.0. The van der Waals surface area contributed by atoms with Gasteiger partial charge in [0.25, 0.3) is 5.56 Å². The van der Waals surface area contributed by atoms with Gasteiger partial charge in [0.1, 0.15) is 18.1 Å². The van der Waals surface area contributed by atoms with Crippen LogP contribution in [-0.2, 0) is 16.1 Å². The van der Waals surface area contributed by atoms with Gasteiger partial charge >= 0.3 is 5.97 Å². The third-order valence-electron chi connectivity index (χ3n) is 6.55. The number of ether oxygens (including phenoxy) is 3. The summed E-state index contributed by atoms with van der Waals surface area (Å²) in [6.07, 6.45) is 1.86. The summed E-state index contributed by atoms with van der Waals surface area (Å²) in [4.78, 5) is 32.3. The number of benzene rings is 3. The predicted octanol–water partition coefficient (Wildman–Crippen LogP) is 6.36. The highest BCUT2D eigenvalue weighted by Gasteiger charge is 2.33. The smallest absolute Gasteiger partial charge is 0.338 e. The first-order valence-electron chi connectivity index (χ1n) is 12.9. The molecule has 42 heavy (non-hydrogen) atoms. The van der Waals surface area contributed by atoms with Crippen molar-refractivity contribution in [1.29, 1.82) is 0 Å². The highest BCUT2D eigenvalue weighted by atomic mass is 127. The van der Waals surface area contributed by atoms with Crippen LogP contribution in [0.3, 0.4) is 0 Å². The van der Waals surface area contributed by atoms with Crippen LogP contribution in [0.2, 0.25) is 0 Å². The van der Waals surface area contributed by atoms with E-state index >= 15 is 0 Å². The lowest BCUT2D eigenvalue weighted by Crippen LogP contribution is -2.40. The SMILES string of the molecule is CCOC(=O)C1=C(C)N=c2s/c(=C\c3cc(I)c(OCc4ccccc4)c(I)c3)c(=O)n2C1c1ccc(OC)c(Br)c1. The van der Waals surface area contributed by atoms with Crippen LogP contribution in [0.1, 0.15) is 36.6 Å². The lowest BCUT2D eigenvalue weighted by Gasteiger charge is -2.25. The van der Waals surface area contributed by atoms with Gasteiger partial charge in [0, 0.05) is 0 Å². The molecule has 7 nitrogen and oxygen atoms in total. The van der Waals surface area contributed by atoms with Crippen molar-refractivity contribution >= 4 is 84.5 Å². The van der Waals surface area contributed by atoms with Crippen LogP contribution in [0.4, 0.5) is 0 Å². The van der Waals surface area contributed by atoms with E-state index in [4.69, 9.17) is 14.2 Å². The molecule has 4 aromatic rings. The molecule has 0 spiro atoms. The van der Waals surface area contributed by atoms with Crippen LogP contribution in [0, 0.1) is 7.14 Å². The van der Waals surface area contributed by atoms with Crippen molar-refractivity contribution in [3.05, 3.63) is 120 Å². The number of carbonyl (C=O) groups excluding carboxylic acids is 1. The molecule has 216 valence electrons. The maximum atomic E-state index is 14.0. The van der Waals surface area contributed by atoms with Crippen LogP contribution in [0.15, 0.2) is 86.2 Å². The molecule has 3 aromatic carbocycles. The first kappa shape index (κ1) is 31.0. The Hall–Kier alpha value is -2.49. The van der Waals surface area contributed by atoms with Gasteiger partial charge in [-0.3, -0.25) is 9.36 Å². The number of thiazole rings is 1. The Morgan fingerprint density at radius 3 is 2.48 bits per heavy atom. The van der Waals surface area contributed by atoms with Crippen molar-refractivity contribution in [2.45, 2.75) is 26.5 Å². The summed E-state index contributed by atoms with van der Waals surface area (Å²) in [5.41, 5.74) is 3.30. The van der Waals surface area contributed by atoms with Gasteiger partial charge in [-0.15, -0.1) is 0 Å². The zero-order valence-electron chi connectivity index (χ0n) is 22.8. The van der Waals surface area contributed by atoms with E-state index in [9.17, 15) is 9.59 Å². The van der Waals surface area contributed by atoms with Gasteiger partial charge in [0.2, 0.25) is 0 Å². The van der Waals surface area contributed by atoms with Gasteiger partial charge in [-0.1, -0.05) is 47.7 Å². The molecule has 0 bridgehead atoms. The third kappa shape index (κ3) is 6.38. The first-order valence-corrected chi connectivity index (χ1v) is 16.7. The number of nitrogens with zero attached hydrogens (tertiary/aromatic N) is 2. The molecule has 0 saturated heterocycles. The summed E-state index contributed by atoms with van der Waals surface area (Å²) >= 11 is 9.36. The molecule has 0 amide bonds. The van der Waals surface area contributed by atoms with Crippen LogP contribution in [0.5, 0.6) is 11.5 Å². The Kier molecular flexibility index (Phi) is 9.90. The maximum Gasteiger partial charge on any atom is 0.338 e. The molecule has 5 rings (SSSR count). The lowest BCUT2D eigenvalue weighted by atomic mass is 9.96. The Bertz CT molecular complexity index is 1860. The number of aromatic nitrogens is 1. The first-order chi connectivity index (χ1) is 20.2. The van der Waals surface area contributed by atoms with E-state index < -0.39 is 12.0 Å². The normalized spacial score (nSPS) is 14.8. The summed E-state index contributed by atoms with van der Waals surface area (Å²) in [5.74, 6) is 0.948.